The highest BCUT2D eigenvalue weighted by atomic mass is 16.3. The highest BCUT2D eigenvalue weighted by Gasteiger charge is 2.22. The van der Waals surface area contributed by atoms with E-state index in [9.17, 15) is 5.11 Å². The summed E-state index contributed by atoms with van der Waals surface area (Å²) in [7, 11) is 0. The first kappa shape index (κ1) is 15.0. The van der Waals surface area contributed by atoms with Gasteiger partial charge >= 0.3 is 0 Å². The average molecular weight is 324 g/mol. The van der Waals surface area contributed by atoms with Crippen LogP contribution in [0.15, 0.2) is 49.2 Å². The number of hydrogen-bond acceptors (Lipinski definition) is 6. The summed E-state index contributed by atoms with van der Waals surface area (Å²) in [6.45, 7) is 3.76. The van der Waals surface area contributed by atoms with Crippen molar-refractivity contribution < 1.29 is 5.11 Å². The fourth-order valence-electron chi connectivity index (χ4n) is 3.22. The Hall–Kier alpha value is -2.51. The summed E-state index contributed by atoms with van der Waals surface area (Å²) in [5.74, 6) is 0. The summed E-state index contributed by atoms with van der Waals surface area (Å²) in [6.07, 6.45) is 8.72. The fraction of sp³-hybridized carbons (Fsp3) is 0.353. The van der Waals surface area contributed by atoms with Crippen LogP contribution in [0.3, 0.4) is 0 Å². The number of rotatable bonds is 3. The van der Waals surface area contributed by atoms with E-state index in [1.54, 1.807) is 23.1 Å². The van der Waals surface area contributed by atoms with Crippen molar-refractivity contribution in [3.05, 3.63) is 54.7 Å². The van der Waals surface area contributed by atoms with E-state index in [4.69, 9.17) is 0 Å². The van der Waals surface area contributed by atoms with E-state index in [1.807, 2.05) is 30.6 Å². The van der Waals surface area contributed by atoms with Crippen LogP contribution in [-0.4, -0.2) is 61.9 Å². The molecule has 0 saturated carbocycles. The Labute approximate surface area is 140 Å². The lowest BCUT2D eigenvalue weighted by molar-refractivity contribution is 0.129. The molecule has 7 heteroatoms. The lowest BCUT2D eigenvalue weighted by atomic mass is 10.2. The lowest BCUT2D eigenvalue weighted by Crippen LogP contribution is -2.33. The van der Waals surface area contributed by atoms with Crippen LogP contribution in [-0.2, 0) is 6.54 Å². The Morgan fingerprint density at radius 3 is 2.88 bits per heavy atom. The van der Waals surface area contributed by atoms with Crippen LogP contribution < -0.4 is 4.90 Å². The second kappa shape index (κ2) is 6.54. The Morgan fingerprint density at radius 1 is 1.12 bits per heavy atom. The topological polar surface area (TPSA) is 69.8 Å². The summed E-state index contributed by atoms with van der Waals surface area (Å²) < 4.78 is 1.78. The van der Waals surface area contributed by atoms with Gasteiger partial charge in [0.1, 0.15) is 0 Å². The van der Waals surface area contributed by atoms with Crippen molar-refractivity contribution in [2.45, 2.75) is 12.6 Å². The van der Waals surface area contributed by atoms with Gasteiger partial charge in [-0.2, -0.15) is 5.10 Å². The molecule has 3 aromatic rings. The van der Waals surface area contributed by atoms with E-state index in [2.05, 4.69) is 24.9 Å². The molecule has 1 fully saturated rings. The second-order valence-electron chi connectivity index (χ2n) is 6.10. The molecule has 24 heavy (non-hydrogen) atoms. The van der Waals surface area contributed by atoms with Crippen molar-refractivity contribution in [1.29, 1.82) is 0 Å². The van der Waals surface area contributed by atoms with Gasteiger partial charge in [0, 0.05) is 68.8 Å². The summed E-state index contributed by atoms with van der Waals surface area (Å²) in [6, 6.07) is 5.83. The summed E-state index contributed by atoms with van der Waals surface area (Å²) in [5.41, 5.74) is 3.06. The highest BCUT2D eigenvalue weighted by molar-refractivity contribution is 5.46. The monoisotopic (exact) mass is 324 g/mol. The maximum Gasteiger partial charge on any atom is 0.159 e. The van der Waals surface area contributed by atoms with Gasteiger partial charge in [0.05, 0.1) is 12.3 Å². The maximum atomic E-state index is 10.4. The molecule has 0 spiro atoms. The molecule has 4 heterocycles. The normalized spacial score (nSPS) is 19.5. The molecule has 1 aliphatic heterocycles. The van der Waals surface area contributed by atoms with Crippen molar-refractivity contribution in [2.75, 3.05) is 31.1 Å². The van der Waals surface area contributed by atoms with Gasteiger partial charge in [-0.3, -0.25) is 9.88 Å². The predicted molar refractivity (Wildman–Crippen MR) is 90.7 cm³/mol. The maximum absolute atomic E-state index is 10.4. The number of hydrogen-bond donors (Lipinski definition) is 1. The molecule has 1 N–H and O–H groups in total. The van der Waals surface area contributed by atoms with Crippen LogP contribution in [0.4, 0.5) is 5.69 Å². The number of aromatic nitrogens is 4. The minimum absolute atomic E-state index is 0.393. The Balaban J connectivity index is 1.49. The van der Waals surface area contributed by atoms with Crippen molar-refractivity contribution in [3.8, 4) is 0 Å². The SMILES string of the molecule is O[C@H]1CN(Cc2cnn3cccnc23)CCN(c2ccncc2)C1. The smallest absolute Gasteiger partial charge is 0.159 e. The summed E-state index contributed by atoms with van der Waals surface area (Å²) in [5, 5.41) is 14.7. The Morgan fingerprint density at radius 2 is 2.00 bits per heavy atom. The number of pyridine rings is 1. The van der Waals surface area contributed by atoms with E-state index in [0.29, 0.717) is 13.1 Å². The van der Waals surface area contributed by atoms with Crippen LogP contribution in [0.1, 0.15) is 5.56 Å². The van der Waals surface area contributed by atoms with E-state index < -0.39 is 6.10 Å². The third kappa shape index (κ3) is 3.08. The van der Waals surface area contributed by atoms with Gasteiger partial charge in [0.2, 0.25) is 0 Å². The summed E-state index contributed by atoms with van der Waals surface area (Å²) >= 11 is 0. The fourth-order valence-corrected chi connectivity index (χ4v) is 3.22. The quantitative estimate of drug-likeness (QED) is 0.769. The van der Waals surface area contributed by atoms with E-state index in [0.717, 1.165) is 36.5 Å². The third-order valence-electron chi connectivity index (χ3n) is 4.36. The Bertz CT molecular complexity index is 805. The van der Waals surface area contributed by atoms with Gasteiger partial charge in [-0.05, 0) is 18.2 Å². The molecule has 4 rings (SSSR count). The molecule has 1 aliphatic rings. The zero-order valence-electron chi connectivity index (χ0n) is 13.4. The van der Waals surface area contributed by atoms with Crippen molar-refractivity contribution >= 4 is 11.3 Å². The largest absolute Gasteiger partial charge is 0.390 e. The molecule has 0 aromatic carbocycles. The van der Waals surface area contributed by atoms with Crippen LogP contribution in [0.5, 0.6) is 0 Å². The number of β-amino-alcohol motifs (C(OH)–C–C–N with tert-alkyl or cyclic N) is 1. The van der Waals surface area contributed by atoms with E-state index in [1.165, 1.54) is 0 Å². The van der Waals surface area contributed by atoms with Crippen molar-refractivity contribution in [2.24, 2.45) is 0 Å². The van der Waals surface area contributed by atoms with Crippen molar-refractivity contribution in [1.82, 2.24) is 24.5 Å². The highest BCUT2D eigenvalue weighted by Crippen LogP contribution is 2.17. The molecule has 1 atom stereocenters. The molecule has 3 aromatic heterocycles. The van der Waals surface area contributed by atoms with Crippen molar-refractivity contribution in [3.63, 3.8) is 0 Å². The lowest BCUT2D eigenvalue weighted by Gasteiger charge is -2.23. The number of nitrogens with zero attached hydrogens (tertiary/aromatic N) is 6. The van der Waals surface area contributed by atoms with Crippen LogP contribution in [0, 0.1) is 0 Å². The van der Waals surface area contributed by atoms with E-state index in [-0.39, 0.29) is 0 Å². The van der Waals surface area contributed by atoms with E-state index >= 15 is 0 Å². The minimum atomic E-state index is -0.393. The molecule has 7 nitrogen and oxygen atoms in total. The predicted octanol–water partition coefficient (Wildman–Crippen LogP) is 0.807. The van der Waals surface area contributed by atoms with Gasteiger partial charge in [-0.25, -0.2) is 9.50 Å². The second-order valence-corrected chi connectivity index (χ2v) is 6.10. The zero-order chi connectivity index (χ0) is 16.4. The molecule has 0 unspecified atom stereocenters. The van der Waals surface area contributed by atoms with Crippen LogP contribution in [0.2, 0.25) is 0 Å². The summed E-state index contributed by atoms with van der Waals surface area (Å²) in [4.78, 5) is 12.9. The first-order valence-corrected chi connectivity index (χ1v) is 8.12. The molecular weight excluding hydrogens is 304 g/mol. The first-order chi connectivity index (χ1) is 11.8. The molecule has 124 valence electrons. The first-order valence-electron chi connectivity index (χ1n) is 8.12. The molecule has 0 amide bonds. The van der Waals surface area contributed by atoms with Gasteiger partial charge in [0.15, 0.2) is 5.65 Å². The number of anilines is 1. The molecule has 0 radical (unpaired) electrons. The van der Waals surface area contributed by atoms with Gasteiger partial charge in [-0.1, -0.05) is 0 Å². The number of aliphatic hydroxyl groups is 1. The molecule has 0 aliphatic carbocycles. The average Bonchev–Trinajstić information content (AvgIpc) is 2.92. The van der Waals surface area contributed by atoms with Gasteiger partial charge in [0.25, 0.3) is 0 Å². The molecular formula is C17H20N6O. The standard InChI is InChI=1S/C17H20N6O/c24-16-12-21(8-9-22(13-16)15-2-5-18-6-3-15)11-14-10-20-23-7-1-4-19-17(14)23/h1-7,10,16,24H,8-9,11-13H2/t16-/m0/s1. The molecule has 0 bridgehead atoms. The molecule has 1 saturated heterocycles. The van der Waals surface area contributed by atoms with Crippen LogP contribution >= 0.6 is 0 Å². The number of fused-ring (bicyclic) bond motifs is 1. The third-order valence-corrected chi connectivity index (χ3v) is 4.36. The van der Waals surface area contributed by atoms with Crippen LogP contribution in [0.25, 0.3) is 5.65 Å². The minimum Gasteiger partial charge on any atom is -0.390 e. The Kier molecular flexibility index (Phi) is 4.10. The van der Waals surface area contributed by atoms with Gasteiger partial charge < -0.3 is 10.0 Å². The number of aliphatic hydroxyl groups excluding tert-OH is 1. The van der Waals surface area contributed by atoms with Gasteiger partial charge in [-0.15, -0.1) is 0 Å². The zero-order valence-corrected chi connectivity index (χ0v) is 13.4.